The number of carbonyl (C=O) groups excluding carboxylic acids is 1. The zero-order chi connectivity index (χ0) is 18.3. The van der Waals surface area contributed by atoms with E-state index in [1.165, 1.54) is 68.9 Å². The molecule has 0 fully saturated rings. The Morgan fingerprint density at radius 3 is 2.08 bits per heavy atom. The number of hydrogen-bond donors (Lipinski definition) is 0. The number of anilines is 1. The number of para-hydroxylation sites is 1. The normalized spacial score (nSPS) is 19.5. The lowest BCUT2D eigenvalue weighted by Gasteiger charge is -2.23. The molecule has 2 heteroatoms. The van der Waals surface area contributed by atoms with E-state index < -0.39 is 0 Å². The highest BCUT2D eigenvalue weighted by Gasteiger charge is 2.45. The van der Waals surface area contributed by atoms with Crippen LogP contribution in [0.25, 0.3) is 0 Å². The van der Waals surface area contributed by atoms with Gasteiger partial charge >= 0.3 is 0 Å². The molecule has 1 aliphatic heterocycles. The summed E-state index contributed by atoms with van der Waals surface area (Å²) in [6.07, 6.45) is 14.4. The summed E-state index contributed by atoms with van der Waals surface area (Å²) in [5, 5.41) is 0. The van der Waals surface area contributed by atoms with Crippen molar-refractivity contribution in [2.75, 3.05) is 11.9 Å². The van der Waals surface area contributed by atoms with Gasteiger partial charge in [-0.1, -0.05) is 89.3 Å². The number of nitrogens with zero attached hydrogens (tertiary/aromatic N) is 1. The van der Waals surface area contributed by atoms with Crippen LogP contribution in [-0.2, 0) is 10.2 Å². The maximum atomic E-state index is 12.9. The van der Waals surface area contributed by atoms with Gasteiger partial charge in [-0.25, -0.2) is 0 Å². The van der Waals surface area contributed by atoms with E-state index in [9.17, 15) is 4.79 Å². The largest absolute Gasteiger partial charge is 0.314 e. The van der Waals surface area contributed by atoms with Gasteiger partial charge in [-0.15, -0.1) is 0 Å². The standard InChI is InChI=1S/C23H37NO/c1-5-6-7-8-9-10-11-12-13-14-18-23(3)20-17-15-16-19(2)21(20)24(4)22(23)25/h15-17H,5-14,18H2,1-4H3. The summed E-state index contributed by atoms with van der Waals surface area (Å²) >= 11 is 0. The molecule has 2 rings (SSSR count). The Hall–Kier alpha value is -1.31. The minimum atomic E-state index is -0.323. The van der Waals surface area contributed by atoms with Gasteiger partial charge < -0.3 is 4.90 Å². The van der Waals surface area contributed by atoms with E-state index in [0.717, 1.165) is 18.5 Å². The molecule has 1 aliphatic rings. The van der Waals surface area contributed by atoms with Crippen molar-refractivity contribution in [2.45, 2.75) is 96.8 Å². The van der Waals surface area contributed by atoms with Gasteiger partial charge in [-0.2, -0.15) is 0 Å². The van der Waals surface area contributed by atoms with Crippen LogP contribution >= 0.6 is 0 Å². The first kappa shape index (κ1) is 20.0. The number of hydrogen-bond acceptors (Lipinski definition) is 1. The van der Waals surface area contributed by atoms with Crippen LogP contribution in [0.1, 0.15) is 95.6 Å². The van der Waals surface area contributed by atoms with Crippen LogP contribution in [0.5, 0.6) is 0 Å². The highest BCUT2D eigenvalue weighted by atomic mass is 16.2. The minimum absolute atomic E-state index is 0.271. The Balaban J connectivity index is 1.74. The van der Waals surface area contributed by atoms with Crippen molar-refractivity contribution >= 4 is 11.6 Å². The first-order valence-corrected chi connectivity index (χ1v) is 10.4. The Kier molecular flexibility index (Phi) is 7.53. The molecule has 2 nitrogen and oxygen atoms in total. The number of rotatable bonds is 11. The first-order chi connectivity index (χ1) is 12.0. The molecule has 1 aromatic carbocycles. The van der Waals surface area contributed by atoms with Crippen molar-refractivity contribution in [3.63, 3.8) is 0 Å². The zero-order valence-electron chi connectivity index (χ0n) is 16.9. The van der Waals surface area contributed by atoms with Gasteiger partial charge in [0.05, 0.1) is 11.1 Å². The first-order valence-electron chi connectivity index (χ1n) is 10.4. The monoisotopic (exact) mass is 343 g/mol. The molecule has 1 amide bonds. The molecule has 1 atom stereocenters. The SMILES string of the molecule is CCCCCCCCCCCCC1(C)C(=O)N(C)c2c(C)cccc21. The van der Waals surface area contributed by atoms with Gasteiger partial charge in [0.15, 0.2) is 0 Å². The van der Waals surface area contributed by atoms with Crippen LogP contribution in [-0.4, -0.2) is 13.0 Å². The highest BCUT2D eigenvalue weighted by molar-refractivity contribution is 6.08. The lowest BCUT2D eigenvalue weighted by atomic mass is 9.78. The van der Waals surface area contributed by atoms with E-state index in [0.29, 0.717) is 0 Å². The molecule has 0 spiro atoms. The number of carbonyl (C=O) groups is 1. The van der Waals surface area contributed by atoms with Crippen LogP contribution in [0.2, 0.25) is 0 Å². The maximum Gasteiger partial charge on any atom is 0.237 e. The van der Waals surface area contributed by atoms with Gasteiger partial charge in [-0.05, 0) is 31.4 Å². The second-order valence-electron chi connectivity index (χ2n) is 8.10. The maximum absolute atomic E-state index is 12.9. The summed E-state index contributed by atoms with van der Waals surface area (Å²) in [7, 11) is 1.93. The van der Waals surface area contributed by atoms with Crippen molar-refractivity contribution in [1.29, 1.82) is 0 Å². The fraction of sp³-hybridized carbons (Fsp3) is 0.696. The topological polar surface area (TPSA) is 20.3 Å². The number of unbranched alkanes of at least 4 members (excludes halogenated alkanes) is 9. The van der Waals surface area contributed by atoms with Crippen molar-refractivity contribution in [3.8, 4) is 0 Å². The third-order valence-electron chi connectivity index (χ3n) is 5.97. The molecule has 0 saturated heterocycles. The van der Waals surface area contributed by atoms with Crippen LogP contribution in [0, 0.1) is 6.92 Å². The smallest absolute Gasteiger partial charge is 0.237 e. The highest BCUT2D eigenvalue weighted by Crippen LogP contribution is 2.45. The lowest BCUT2D eigenvalue weighted by Crippen LogP contribution is -2.36. The minimum Gasteiger partial charge on any atom is -0.314 e. The Morgan fingerprint density at radius 2 is 1.48 bits per heavy atom. The Morgan fingerprint density at radius 1 is 0.920 bits per heavy atom. The molecule has 0 bridgehead atoms. The van der Waals surface area contributed by atoms with Crippen LogP contribution < -0.4 is 4.90 Å². The average Bonchev–Trinajstić information content (AvgIpc) is 2.79. The van der Waals surface area contributed by atoms with Gasteiger partial charge in [0.2, 0.25) is 5.91 Å². The predicted molar refractivity (Wildman–Crippen MR) is 108 cm³/mol. The van der Waals surface area contributed by atoms with Crippen molar-refractivity contribution in [3.05, 3.63) is 29.3 Å². The van der Waals surface area contributed by atoms with E-state index in [1.54, 1.807) is 0 Å². The molecule has 140 valence electrons. The van der Waals surface area contributed by atoms with Gasteiger partial charge in [0.25, 0.3) is 0 Å². The van der Waals surface area contributed by atoms with Crippen molar-refractivity contribution in [2.24, 2.45) is 0 Å². The Labute approximate surface area is 155 Å². The van der Waals surface area contributed by atoms with E-state index in [1.807, 2.05) is 11.9 Å². The average molecular weight is 344 g/mol. The predicted octanol–water partition coefficient (Wildman–Crippen LogP) is 6.54. The van der Waals surface area contributed by atoms with Crippen LogP contribution in [0.4, 0.5) is 5.69 Å². The summed E-state index contributed by atoms with van der Waals surface area (Å²) in [5.41, 5.74) is 3.26. The Bertz CT molecular complexity index is 565. The fourth-order valence-corrected chi connectivity index (χ4v) is 4.34. The van der Waals surface area contributed by atoms with Gasteiger partial charge in [-0.3, -0.25) is 4.79 Å². The lowest BCUT2D eigenvalue weighted by molar-refractivity contribution is -0.122. The van der Waals surface area contributed by atoms with Gasteiger partial charge in [0, 0.05) is 7.05 Å². The number of benzene rings is 1. The molecule has 1 unspecified atom stereocenters. The molecule has 0 saturated carbocycles. The van der Waals surface area contributed by atoms with Crippen LogP contribution in [0.15, 0.2) is 18.2 Å². The summed E-state index contributed by atoms with van der Waals surface area (Å²) in [6, 6.07) is 6.35. The summed E-state index contributed by atoms with van der Waals surface area (Å²) < 4.78 is 0. The molecule has 0 aromatic heterocycles. The molecule has 1 aromatic rings. The summed E-state index contributed by atoms with van der Waals surface area (Å²) in [4.78, 5) is 14.7. The number of amides is 1. The number of likely N-dealkylation sites (N-methyl/N-ethyl adjacent to an activating group) is 1. The zero-order valence-corrected chi connectivity index (χ0v) is 16.9. The second kappa shape index (κ2) is 9.40. The molecule has 0 radical (unpaired) electrons. The quantitative estimate of drug-likeness (QED) is 0.418. The van der Waals surface area contributed by atoms with Gasteiger partial charge in [0.1, 0.15) is 0 Å². The number of fused-ring (bicyclic) bond motifs is 1. The van der Waals surface area contributed by atoms with E-state index >= 15 is 0 Å². The fourth-order valence-electron chi connectivity index (χ4n) is 4.34. The van der Waals surface area contributed by atoms with Crippen LogP contribution in [0.3, 0.4) is 0 Å². The van der Waals surface area contributed by atoms with Crippen molar-refractivity contribution < 1.29 is 4.79 Å². The molecular weight excluding hydrogens is 306 g/mol. The third-order valence-corrected chi connectivity index (χ3v) is 5.97. The molecule has 25 heavy (non-hydrogen) atoms. The van der Waals surface area contributed by atoms with E-state index in [2.05, 4.69) is 39.0 Å². The molecular formula is C23H37NO. The van der Waals surface area contributed by atoms with E-state index in [4.69, 9.17) is 0 Å². The second-order valence-corrected chi connectivity index (χ2v) is 8.10. The molecule has 0 N–H and O–H groups in total. The van der Waals surface area contributed by atoms with E-state index in [-0.39, 0.29) is 11.3 Å². The summed E-state index contributed by atoms with van der Waals surface area (Å²) in [6.45, 7) is 6.52. The third kappa shape index (κ3) is 4.65. The molecule has 1 heterocycles. The number of aryl methyl sites for hydroxylation is 1. The molecule has 0 aliphatic carbocycles. The summed E-state index contributed by atoms with van der Waals surface area (Å²) in [5.74, 6) is 0.271. The van der Waals surface area contributed by atoms with Crippen molar-refractivity contribution in [1.82, 2.24) is 0 Å².